The molecule has 0 unspecified atom stereocenters. The van der Waals surface area contributed by atoms with E-state index in [-0.39, 0.29) is 17.4 Å². The smallest absolute Gasteiger partial charge is 0.274 e. The Bertz CT molecular complexity index is 921. The van der Waals surface area contributed by atoms with Crippen molar-refractivity contribution in [1.29, 1.82) is 0 Å². The highest BCUT2D eigenvalue weighted by Gasteiger charge is 2.12. The number of anilines is 2. The summed E-state index contributed by atoms with van der Waals surface area (Å²) in [6.07, 6.45) is 2.25. The molecule has 0 atom stereocenters. The van der Waals surface area contributed by atoms with Gasteiger partial charge in [-0.2, -0.15) is 0 Å². The summed E-state index contributed by atoms with van der Waals surface area (Å²) in [7, 11) is 0. The Kier molecular flexibility index (Phi) is 5.76. The Balaban J connectivity index is 1.62. The molecule has 0 aliphatic rings. The largest absolute Gasteiger partial charge is 0.354 e. The normalized spacial score (nSPS) is 10.5. The second-order valence-corrected chi connectivity index (χ2v) is 6.29. The summed E-state index contributed by atoms with van der Waals surface area (Å²) in [5.41, 5.74) is 4.08. The Morgan fingerprint density at radius 1 is 1.04 bits per heavy atom. The van der Waals surface area contributed by atoms with Crippen LogP contribution in [-0.2, 0) is 6.42 Å². The van der Waals surface area contributed by atoms with E-state index < -0.39 is 0 Å². The number of benzene rings is 2. The highest BCUT2D eigenvalue weighted by Crippen LogP contribution is 2.20. The minimum Gasteiger partial charge on any atom is -0.354 e. The topological polar surface area (TPSA) is 66.9 Å². The minimum atomic E-state index is -0.281. The molecule has 0 spiro atoms. The van der Waals surface area contributed by atoms with E-state index in [4.69, 9.17) is 0 Å². The number of nitrogens with one attached hydrogen (secondary N) is 2. The van der Waals surface area contributed by atoms with Crippen LogP contribution in [0.4, 0.5) is 16.0 Å². The summed E-state index contributed by atoms with van der Waals surface area (Å²) in [5, 5.41) is 6.01. The Morgan fingerprint density at radius 3 is 2.44 bits per heavy atom. The van der Waals surface area contributed by atoms with Gasteiger partial charge >= 0.3 is 0 Å². The number of rotatable bonds is 6. The van der Waals surface area contributed by atoms with Gasteiger partial charge in [0.05, 0.1) is 0 Å². The number of aryl methyl sites for hydroxylation is 2. The molecule has 138 valence electrons. The Hall–Kier alpha value is -3.28. The van der Waals surface area contributed by atoms with E-state index in [0.717, 1.165) is 22.4 Å². The summed E-state index contributed by atoms with van der Waals surface area (Å²) < 4.78 is 12.9. The van der Waals surface area contributed by atoms with Crippen molar-refractivity contribution in [3.05, 3.63) is 82.9 Å². The molecule has 0 aliphatic carbocycles. The number of carbonyl (C=O) groups is 1. The molecular weight excluding hydrogens is 343 g/mol. The first kappa shape index (κ1) is 18.5. The van der Waals surface area contributed by atoms with Crippen molar-refractivity contribution in [2.45, 2.75) is 20.3 Å². The molecule has 1 heterocycles. The van der Waals surface area contributed by atoms with Gasteiger partial charge in [0.25, 0.3) is 5.91 Å². The maximum absolute atomic E-state index is 12.9. The van der Waals surface area contributed by atoms with E-state index >= 15 is 0 Å². The fourth-order valence-electron chi connectivity index (χ4n) is 2.73. The standard InChI is InChI=1S/C21H21FN4O/c1-14-4-3-5-15(2)19(14)26-20(27)18-11-13-24-21(25-18)23-12-10-16-6-8-17(22)9-7-16/h3-9,11,13H,10,12H2,1-2H3,(H,26,27)(H,23,24,25). The SMILES string of the molecule is Cc1cccc(C)c1NC(=O)c1ccnc(NCCc2ccc(F)cc2)n1. The van der Waals surface area contributed by atoms with E-state index in [1.807, 2.05) is 32.0 Å². The van der Waals surface area contributed by atoms with E-state index in [1.54, 1.807) is 24.4 Å². The maximum atomic E-state index is 12.9. The number of amides is 1. The van der Waals surface area contributed by atoms with Gasteiger partial charge in [-0.25, -0.2) is 14.4 Å². The van der Waals surface area contributed by atoms with Gasteiger partial charge in [0, 0.05) is 18.4 Å². The average molecular weight is 364 g/mol. The molecule has 2 aromatic carbocycles. The van der Waals surface area contributed by atoms with Crippen molar-refractivity contribution < 1.29 is 9.18 Å². The average Bonchev–Trinajstić information content (AvgIpc) is 2.66. The third-order valence-electron chi connectivity index (χ3n) is 4.22. The number of nitrogens with zero attached hydrogens (tertiary/aromatic N) is 2. The fraction of sp³-hybridized carbons (Fsp3) is 0.190. The Morgan fingerprint density at radius 2 is 1.74 bits per heavy atom. The third-order valence-corrected chi connectivity index (χ3v) is 4.22. The second kappa shape index (κ2) is 8.40. The van der Waals surface area contributed by atoms with E-state index in [0.29, 0.717) is 18.9 Å². The molecule has 0 radical (unpaired) electrons. The summed E-state index contributed by atoms with van der Waals surface area (Å²) in [6, 6.07) is 13.8. The van der Waals surface area contributed by atoms with Crippen LogP contribution in [0.5, 0.6) is 0 Å². The van der Waals surface area contributed by atoms with Crippen LogP contribution in [0.1, 0.15) is 27.2 Å². The molecule has 27 heavy (non-hydrogen) atoms. The van der Waals surface area contributed by atoms with Crippen molar-refractivity contribution in [2.75, 3.05) is 17.2 Å². The van der Waals surface area contributed by atoms with E-state index in [9.17, 15) is 9.18 Å². The van der Waals surface area contributed by atoms with Crippen LogP contribution >= 0.6 is 0 Å². The number of hydrogen-bond donors (Lipinski definition) is 2. The third kappa shape index (κ3) is 4.88. The lowest BCUT2D eigenvalue weighted by molar-refractivity contribution is 0.102. The number of halogens is 1. The molecule has 0 fully saturated rings. The lowest BCUT2D eigenvalue weighted by atomic mass is 10.1. The van der Waals surface area contributed by atoms with Crippen molar-refractivity contribution in [2.24, 2.45) is 0 Å². The molecule has 1 aromatic heterocycles. The molecule has 3 rings (SSSR count). The van der Waals surface area contributed by atoms with E-state index in [1.165, 1.54) is 12.1 Å². The van der Waals surface area contributed by atoms with Gasteiger partial charge < -0.3 is 10.6 Å². The van der Waals surface area contributed by atoms with Gasteiger partial charge in [0.15, 0.2) is 0 Å². The minimum absolute atomic E-state index is 0.252. The molecule has 1 amide bonds. The van der Waals surface area contributed by atoms with Gasteiger partial charge in [0.2, 0.25) is 5.95 Å². The molecule has 5 nitrogen and oxygen atoms in total. The van der Waals surface area contributed by atoms with Crippen LogP contribution in [0.25, 0.3) is 0 Å². The molecule has 0 saturated carbocycles. The molecule has 0 bridgehead atoms. The predicted molar refractivity (Wildman–Crippen MR) is 104 cm³/mol. The van der Waals surface area contributed by atoms with Crippen molar-refractivity contribution in [3.63, 3.8) is 0 Å². The van der Waals surface area contributed by atoms with Gasteiger partial charge in [-0.15, -0.1) is 0 Å². The second-order valence-electron chi connectivity index (χ2n) is 6.29. The monoisotopic (exact) mass is 364 g/mol. The zero-order valence-electron chi connectivity index (χ0n) is 15.3. The van der Waals surface area contributed by atoms with Gasteiger partial charge in [-0.3, -0.25) is 4.79 Å². The first-order valence-corrected chi connectivity index (χ1v) is 8.72. The van der Waals surface area contributed by atoms with Crippen LogP contribution in [0, 0.1) is 19.7 Å². The van der Waals surface area contributed by atoms with Crippen molar-refractivity contribution in [1.82, 2.24) is 9.97 Å². The summed E-state index contributed by atoms with van der Waals surface area (Å²) in [5.74, 6) is -0.153. The molecule has 0 saturated heterocycles. The molecule has 6 heteroatoms. The first-order chi connectivity index (χ1) is 13.0. The Labute approximate surface area is 157 Å². The van der Waals surface area contributed by atoms with Gasteiger partial charge in [0.1, 0.15) is 11.5 Å². The lowest BCUT2D eigenvalue weighted by Gasteiger charge is -2.11. The van der Waals surface area contributed by atoms with Crippen LogP contribution in [0.2, 0.25) is 0 Å². The van der Waals surface area contributed by atoms with Crippen LogP contribution < -0.4 is 10.6 Å². The summed E-state index contributed by atoms with van der Waals surface area (Å²) >= 11 is 0. The predicted octanol–water partition coefficient (Wildman–Crippen LogP) is 4.14. The van der Waals surface area contributed by atoms with Gasteiger partial charge in [-0.05, 0) is 55.2 Å². The molecule has 0 aliphatic heterocycles. The van der Waals surface area contributed by atoms with Crippen LogP contribution in [-0.4, -0.2) is 22.4 Å². The summed E-state index contributed by atoms with van der Waals surface area (Å²) in [6.45, 7) is 4.48. The molecule has 2 N–H and O–H groups in total. The molecular formula is C21H21FN4O. The van der Waals surface area contributed by atoms with Crippen LogP contribution in [0.3, 0.4) is 0 Å². The highest BCUT2D eigenvalue weighted by molar-refractivity contribution is 6.03. The number of carbonyl (C=O) groups excluding carboxylic acids is 1. The zero-order chi connectivity index (χ0) is 19.2. The summed E-state index contributed by atoms with van der Waals surface area (Å²) in [4.78, 5) is 21.0. The van der Waals surface area contributed by atoms with Crippen LogP contribution in [0.15, 0.2) is 54.7 Å². The molecule has 3 aromatic rings. The first-order valence-electron chi connectivity index (χ1n) is 8.72. The number of aromatic nitrogens is 2. The fourth-order valence-corrected chi connectivity index (χ4v) is 2.73. The van der Waals surface area contributed by atoms with E-state index in [2.05, 4.69) is 20.6 Å². The van der Waals surface area contributed by atoms with Crippen molar-refractivity contribution in [3.8, 4) is 0 Å². The number of hydrogen-bond acceptors (Lipinski definition) is 4. The van der Waals surface area contributed by atoms with Gasteiger partial charge in [-0.1, -0.05) is 30.3 Å². The quantitative estimate of drug-likeness (QED) is 0.690. The number of para-hydroxylation sites is 1. The maximum Gasteiger partial charge on any atom is 0.274 e. The zero-order valence-corrected chi connectivity index (χ0v) is 15.3. The lowest BCUT2D eigenvalue weighted by Crippen LogP contribution is -2.17. The highest BCUT2D eigenvalue weighted by atomic mass is 19.1. The van der Waals surface area contributed by atoms with Crippen molar-refractivity contribution >= 4 is 17.5 Å².